The Morgan fingerprint density at radius 1 is 1.39 bits per heavy atom. The number of rotatable bonds is 3. The number of hydrogen-bond acceptors (Lipinski definition) is 4. The Kier molecular flexibility index (Phi) is 3.97. The van der Waals surface area contributed by atoms with Crippen LogP contribution >= 0.6 is 0 Å². The smallest absolute Gasteiger partial charge is 0.142 e. The summed E-state index contributed by atoms with van der Waals surface area (Å²) in [5, 5.41) is 3.62. The van der Waals surface area contributed by atoms with E-state index in [2.05, 4.69) is 47.9 Å². The van der Waals surface area contributed by atoms with Crippen molar-refractivity contribution >= 4 is 0 Å². The molecule has 0 aromatic carbocycles. The van der Waals surface area contributed by atoms with Gasteiger partial charge in [0.1, 0.15) is 5.82 Å². The lowest BCUT2D eigenvalue weighted by Gasteiger charge is -2.46. The van der Waals surface area contributed by atoms with Crippen molar-refractivity contribution in [1.82, 2.24) is 20.2 Å². The van der Waals surface area contributed by atoms with E-state index in [0.29, 0.717) is 12.0 Å². The van der Waals surface area contributed by atoms with E-state index in [-0.39, 0.29) is 5.54 Å². The topological polar surface area (TPSA) is 41.0 Å². The second-order valence-electron chi connectivity index (χ2n) is 6.15. The fraction of sp³-hybridized carbons (Fsp3) is 0.714. The van der Waals surface area contributed by atoms with Crippen molar-refractivity contribution in [3.63, 3.8) is 0 Å². The lowest BCUT2D eigenvalue weighted by molar-refractivity contribution is 0.0605. The zero-order valence-corrected chi connectivity index (χ0v) is 11.8. The van der Waals surface area contributed by atoms with Gasteiger partial charge < -0.3 is 5.32 Å². The van der Waals surface area contributed by atoms with Gasteiger partial charge in [-0.05, 0) is 25.8 Å². The van der Waals surface area contributed by atoms with Gasteiger partial charge in [0.2, 0.25) is 0 Å². The van der Waals surface area contributed by atoms with E-state index < -0.39 is 0 Å². The molecule has 0 amide bonds. The van der Waals surface area contributed by atoms with Gasteiger partial charge in [-0.15, -0.1) is 0 Å². The van der Waals surface area contributed by atoms with Gasteiger partial charge in [-0.3, -0.25) is 4.90 Å². The normalized spacial score (nSPS) is 24.4. The van der Waals surface area contributed by atoms with Crippen LogP contribution < -0.4 is 5.32 Å². The fourth-order valence-electron chi connectivity index (χ4n) is 2.61. The van der Waals surface area contributed by atoms with E-state index >= 15 is 0 Å². The minimum Gasteiger partial charge on any atom is -0.309 e. The average molecular weight is 248 g/mol. The van der Waals surface area contributed by atoms with E-state index in [1.807, 2.05) is 18.5 Å². The van der Waals surface area contributed by atoms with Crippen molar-refractivity contribution in [2.24, 2.45) is 5.92 Å². The zero-order valence-electron chi connectivity index (χ0n) is 11.8. The molecular weight excluding hydrogens is 224 g/mol. The molecule has 1 saturated heterocycles. The lowest BCUT2D eigenvalue weighted by atomic mass is 9.93. The first-order chi connectivity index (χ1) is 8.48. The molecule has 4 heteroatoms. The summed E-state index contributed by atoms with van der Waals surface area (Å²) in [5.74, 6) is 1.55. The van der Waals surface area contributed by atoms with Gasteiger partial charge in [-0.25, -0.2) is 9.97 Å². The summed E-state index contributed by atoms with van der Waals surface area (Å²) in [7, 11) is 0. The SMILES string of the molecule is CC(C)C1CNC(C)(C)CN1Cc1ncccn1. The first-order valence-corrected chi connectivity index (χ1v) is 6.73. The van der Waals surface area contributed by atoms with Crippen LogP contribution in [0.1, 0.15) is 33.5 Å². The molecule has 1 fully saturated rings. The van der Waals surface area contributed by atoms with E-state index in [1.165, 1.54) is 0 Å². The number of nitrogens with zero attached hydrogens (tertiary/aromatic N) is 3. The maximum Gasteiger partial charge on any atom is 0.142 e. The van der Waals surface area contributed by atoms with Crippen LogP contribution in [0.25, 0.3) is 0 Å². The highest BCUT2D eigenvalue weighted by Crippen LogP contribution is 2.21. The quantitative estimate of drug-likeness (QED) is 0.883. The van der Waals surface area contributed by atoms with Gasteiger partial charge >= 0.3 is 0 Å². The fourth-order valence-corrected chi connectivity index (χ4v) is 2.61. The van der Waals surface area contributed by atoms with Crippen LogP contribution in [0.4, 0.5) is 0 Å². The Hall–Kier alpha value is -1.00. The van der Waals surface area contributed by atoms with Crippen molar-refractivity contribution in [3.05, 3.63) is 24.3 Å². The third-order valence-electron chi connectivity index (χ3n) is 3.59. The van der Waals surface area contributed by atoms with E-state index in [4.69, 9.17) is 0 Å². The zero-order chi connectivity index (χ0) is 13.2. The minimum absolute atomic E-state index is 0.167. The molecule has 100 valence electrons. The summed E-state index contributed by atoms with van der Waals surface area (Å²) in [6.07, 6.45) is 3.64. The van der Waals surface area contributed by atoms with Crippen LogP contribution in [0.5, 0.6) is 0 Å². The van der Waals surface area contributed by atoms with E-state index in [0.717, 1.165) is 25.5 Å². The Balaban J connectivity index is 2.10. The maximum atomic E-state index is 4.34. The molecule has 1 N–H and O–H groups in total. The molecule has 1 aromatic heterocycles. The molecule has 2 rings (SSSR count). The molecule has 1 unspecified atom stereocenters. The van der Waals surface area contributed by atoms with Gasteiger partial charge in [0.25, 0.3) is 0 Å². The van der Waals surface area contributed by atoms with Crippen molar-refractivity contribution in [3.8, 4) is 0 Å². The van der Waals surface area contributed by atoms with Crippen LogP contribution in [0.15, 0.2) is 18.5 Å². The summed E-state index contributed by atoms with van der Waals surface area (Å²) in [6, 6.07) is 2.42. The average Bonchev–Trinajstić information content (AvgIpc) is 2.28. The molecule has 4 nitrogen and oxygen atoms in total. The van der Waals surface area contributed by atoms with Crippen molar-refractivity contribution < 1.29 is 0 Å². The number of piperazine rings is 1. The molecule has 18 heavy (non-hydrogen) atoms. The van der Waals surface area contributed by atoms with Gasteiger partial charge in [0.15, 0.2) is 0 Å². The summed E-state index contributed by atoms with van der Waals surface area (Å²) < 4.78 is 0. The van der Waals surface area contributed by atoms with Crippen molar-refractivity contribution in [2.75, 3.05) is 13.1 Å². The Labute approximate surface area is 110 Å². The van der Waals surface area contributed by atoms with Crippen LogP contribution in [0.3, 0.4) is 0 Å². The Morgan fingerprint density at radius 3 is 2.67 bits per heavy atom. The second kappa shape index (κ2) is 5.33. The largest absolute Gasteiger partial charge is 0.309 e. The molecule has 0 bridgehead atoms. The highest BCUT2D eigenvalue weighted by atomic mass is 15.3. The number of nitrogens with one attached hydrogen (secondary N) is 1. The Bertz CT molecular complexity index is 375. The first-order valence-electron chi connectivity index (χ1n) is 6.73. The number of hydrogen-bond donors (Lipinski definition) is 1. The molecule has 1 aliphatic heterocycles. The van der Waals surface area contributed by atoms with Gasteiger partial charge in [-0.1, -0.05) is 13.8 Å². The molecule has 2 heterocycles. The first kappa shape index (κ1) is 13.4. The third-order valence-corrected chi connectivity index (χ3v) is 3.59. The number of aromatic nitrogens is 2. The lowest BCUT2D eigenvalue weighted by Crippen LogP contribution is -2.62. The van der Waals surface area contributed by atoms with E-state index in [9.17, 15) is 0 Å². The van der Waals surface area contributed by atoms with Crippen LogP contribution in [0, 0.1) is 5.92 Å². The maximum absolute atomic E-state index is 4.34. The highest BCUT2D eigenvalue weighted by molar-refractivity contribution is 4.96. The molecule has 0 spiro atoms. The summed E-state index contributed by atoms with van der Waals surface area (Å²) in [5.41, 5.74) is 0.167. The van der Waals surface area contributed by atoms with Crippen molar-refractivity contribution in [2.45, 2.75) is 45.8 Å². The van der Waals surface area contributed by atoms with Crippen molar-refractivity contribution in [1.29, 1.82) is 0 Å². The summed E-state index contributed by atoms with van der Waals surface area (Å²) >= 11 is 0. The van der Waals surface area contributed by atoms with E-state index in [1.54, 1.807) is 0 Å². The molecule has 1 aromatic rings. The van der Waals surface area contributed by atoms with Gasteiger partial charge in [0.05, 0.1) is 6.54 Å². The monoisotopic (exact) mass is 248 g/mol. The molecule has 0 radical (unpaired) electrons. The second-order valence-corrected chi connectivity index (χ2v) is 6.15. The molecular formula is C14H24N4. The summed E-state index contributed by atoms with van der Waals surface area (Å²) in [4.78, 5) is 11.2. The Morgan fingerprint density at radius 2 is 2.06 bits per heavy atom. The van der Waals surface area contributed by atoms with Crippen LogP contribution in [-0.2, 0) is 6.54 Å². The van der Waals surface area contributed by atoms with Crippen LogP contribution in [0.2, 0.25) is 0 Å². The predicted octanol–water partition coefficient (Wildman–Crippen LogP) is 1.68. The molecule has 1 aliphatic rings. The van der Waals surface area contributed by atoms with Gasteiger partial charge in [0, 0.05) is 37.1 Å². The standard InChI is InChI=1S/C14H24N4/c1-11(2)12-8-17-14(3,4)10-18(12)9-13-15-6-5-7-16-13/h5-7,11-12,17H,8-10H2,1-4H3. The predicted molar refractivity (Wildman–Crippen MR) is 73.1 cm³/mol. The molecule has 0 saturated carbocycles. The van der Waals surface area contributed by atoms with Gasteiger partial charge in [-0.2, -0.15) is 0 Å². The molecule has 0 aliphatic carbocycles. The highest BCUT2D eigenvalue weighted by Gasteiger charge is 2.34. The third kappa shape index (κ3) is 3.27. The summed E-state index contributed by atoms with van der Waals surface area (Å²) in [6.45, 7) is 12.0. The minimum atomic E-state index is 0.167. The molecule has 1 atom stereocenters. The van der Waals surface area contributed by atoms with Crippen LogP contribution in [-0.4, -0.2) is 39.5 Å².